The Morgan fingerprint density at radius 2 is 1.06 bits per heavy atom. The molecule has 0 amide bonds. The molecule has 9 aromatic rings. The van der Waals surface area contributed by atoms with Gasteiger partial charge in [-0.1, -0.05) is 145 Å². The Bertz CT molecular complexity index is 2870. The molecule has 0 N–H and O–H groups in total. The van der Waals surface area contributed by atoms with Crippen molar-refractivity contribution in [1.82, 2.24) is 0 Å². The fourth-order valence-corrected chi connectivity index (χ4v) is 8.19. The average molecular weight is 665 g/mol. The zero-order valence-electron chi connectivity index (χ0n) is 29.5. The van der Waals surface area contributed by atoms with Crippen LogP contribution in [-0.4, -0.2) is 0 Å². The molecule has 0 aliphatic carbocycles. The van der Waals surface area contributed by atoms with Gasteiger partial charge in [-0.2, -0.15) is 0 Å². The van der Waals surface area contributed by atoms with Crippen molar-refractivity contribution >= 4 is 49.6 Å². The van der Waals surface area contributed by atoms with Gasteiger partial charge in [-0.3, -0.25) is 0 Å². The summed E-state index contributed by atoms with van der Waals surface area (Å²) >= 11 is 0. The molecule has 0 unspecified atom stereocenters. The first-order chi connectivity index (χ1) is 25.6. The van der Waals surface area contributed by atoms with Gasteiger partial charge in [0, 0.05) is 21.9 Å². The van der Waals surface area contributed by atoms with Crippen LogP contribution in [0.5, 0.6) is 0 Å². The molecule has 52 heavy (non-hydrogen) atoms. The lowest BCUT2D eigenvalue weighted by Gasteiger charge is -2.20. The molecule has 1 aromatic heterocycles. The Kier molecular flexibility index (Phi) is 7.61. The second-order valence-corrected chi connectivity index (χ2v) is 13.6. The Labute approximate surface area is 304 Å². The lowest BCUT2D eigenvalue weighted by Crippen LogP contribution is -1.95. The van der Waals surface area contributed by atoms with Crippen molar-refractivity contribution in [2.45, 2.75) is 20.8 Å². The first kappa shape index (κ1) is 31.4. The summed E-state index contributed by atoms with van der Waals surface area (Å²) < 4.78 is 6.55. The molecule has 1 nitrogen and oxygen atoms in total. The quantitative estimate of drug-likeness (QED) is 0.132. The zero-order valence-corrected chi connectivity index (χ0v) is 29.5. The van der Waals surface area contributed by atoms with Gasteiger partial charge in [0.2, 0.25) is 0 Å². The van der Waals surface area contributed by atoms with Gasteiger partial charge in [0.1, 0.15) is 11.2 Å². The van der Waals surface area contributed by atoms with Crippen LogP contribution in [0.25, 0.3) is 94.1 Å². The lowest BCUT2D eigenvalue weighted by molar-refractivity contribution is 0.670. The molecular formula is C51H36O. The number of aryl methyl sites for hydroxylation is 2. The van der Waals surface area contributed by atoms with Crippen LogP contribution in [0, 0.1) is 26.2 Å². The second-order valence-electron chi connectivity index (χ2n) is 13.6. The predicted molar refractivity (Wildman–Crippen MR) is 223 cm³/mol. The van der Waals surface area contributed by atoms with Crippen LogP contribution >= 0.6 is 0 Å². The highest BCUT2D eigenvalue weighted by atomic mass is 16.3. The van der Waals surface area contributed by atoms with E-state index in [0.29, 0.717) is 0 Å². The number of furan rings is 1. The lowest BCUT2D eigenvalue weighted by atomic mass is 9.83. The van der Waals surface area contributed by atoms with Gasteiger partial charge in [-0.25, -0.2) is 0 Å². The van der Waals surface area contributed by atoms with Gasteiger partial charge < -0.3 is 4.42 Å². The zero-order chi connectivity index (χ0) is 35.3. The van der Waals surface area contributed by atoms with Crippen LogP contribution in [0.15, 0.2) is 156 Å². The van der Waals surface area contributed by atoms with Crippen LogP contribution in [-0.2, 0) is 0 Å². The van der Waals surface area contributed by atoms with Crippen LogP contribution in [0.3, 0.4) is 0 Å². The van der Waals surface area contributed by atoms with E-state index in [2.05, 4.69) is 153 Å². The third-order valence-corrected chi connectivity index (χ3v) is 10.5. The van der Waals surface area contributed by atoms with E-state index in [4.69, 9.17) is 10.8 Å². The normalized spacial score (nSPS) is 11.7. The maximum atomic E-state index is 6.55. The summed E-state index contributed by atoms with van der Waals surface area (Å²) in [4.78, 5) is 0. The van der Waals surface area contributed by atoms with E-state index in [1.807, 2.05) is 31.2 Å². The van der Waals surface area contributed by atoms with E-state index in [9.17, 15) is 0 Å². The Morgan fingerprint density at radius 1 is 0.519 bits per heavy atom. The topological polar surface area (TPSA) is 13.1 Å². The molecule has 0 radical (unpaired) electrons. The minimum atomic E-state index is 0.820. The third kappa shape index (κ3) is 4.96. The molecule has 1 heterocycles. The number of hydrogen-bond donors (Lipinski definition) is 0. The Morgan fingerprint density at radius 3 is 1.71 bits per heavy atom. The number of para-hydroxylation sites is 1. The first-order valence-corrected chi connectivity index (χ1v) is 17.8. The number of terminal acetylenes is 1. The van der Waals surface area contributed by atoms with Crippen molar-refractivity contribution in [3.63, 3.8) is 0 Å². The number of benzene rings is 8. The van der Waals surface area contributed by atoms with E-state index in [1.165, 1.54) is 60.5 Å². The summed E-state index contributed by atoms with van der Waals surface area (Å²) in [5, 5.41) is 7.08. The fourth-order valence-electron chi connectivity index (χ4n) is 8.19. The minimum absolute atomic E-state index is 0.820. The molecule has 0 aliphatic rings. The smallest absolute Gasteiger partial charge is 0.144 e. The molecule has 9 rings (SSSR count). The largest absolute Gasteiger partial charge is 0.455 e. The van der Waals surface area contributed by atoms with Crippen LogP contribution < -0.4 is 0 Å². The SMILES string of the molecule is C#Cc1c(C=CC)cc(-c2cccc(-c3cc(C)c(-c4c5ccccc5c(-c5ccccc5)c5ccccc45)cc3C)c2)c2oc3ccccc3c12. The summed E-state index contributed by atoms with van der Waals surface area (Å²) in [7, 11) is 0. The number of fused-ring (bicyclic) bond motifs is 5. The van der Waals surface area contributed by atoms with Gasteiger partial charge in [-0.15, -0.1) is 6.42 Å². The summed E-state index contributed by atoms with van der Waals surface area (Å²) in [5.41, 5.74) is 15.5. The molecule has 0 fully saturated rings. The molecular weight excluding hydrogens is 629 g/mol. The van der Waals surface area contributed by atoms with Gasteiger partial charge in [0.05, 0.1) is 0 Å². The van der Waals surface area contributed by atoms with E-state index in [0.717, 1.165) is 49.8 Å². The van der Waals surface area contributed by atoms with Crippen molar-refractivity contribution in [2.75, 3.05) is 0 Å². The van der Waals surface area contributed by atoms with E-state index in [-0.39, 0.29) is 0 Å². The predicted octanol–water partition coefficient (Wildman–Crippen LogP) is 14.2. The second kappa shape index (κ2) is 12.6. The molecule has 0 atom stereocenters. The number of hydrogen-bond acceptors (Lipinski definition) is 1. The molecule has 0 aliphatic heterocycles. The van der Waals surface area contributed by atoms with Crippen LogP contribution in [0.1, 0.15) is 29.2 Å². The average Bonchev–Trinajstić information content (AvgIpc) is 3.57. The molecule has 8 aromatic carbocycles. The third-order valence-electron chi connectivity index (χ3n) is 10.5. The minimum Gasteiger partial charge on any atom is -0.455 e. The number of rotatable bonds is 5. The summed E-state index contributed by atoms with van der Waals surface area (Å²) in [6, 6.07) is 52.4. The van der Waals surface area contributed by atoms with Gasteiger partial charge >= 0.3 is 0 Å². The Hall–Kier alpha value is -6.62. The summed E-state index contributed by atoms with van der Waals surface area (Å²) in [6.45, 7) is 6.50. The fraction of sp³-hybridized carbons (Fsp3) is 0.0588. The van der Waals surface area contributed by atoms with Gasteiger partial charge in [-0.05, 0) is 116 Å². The van der Waals surface area contributed by atoms with E-state index in [1.54, 1.807) is 0 Å². The monoisotopic (exact) mass is 664 g/mol. The van der Waals surface area contributed by atoms with Crippen molar-refractivity contribution in [2.24, 2.45) is 0 Å². The van der Waals surface area contributed by atoms with Crippen LogP contribution in [0.2, 0.25) is 0 Å². The Balaban J connectivity index is 1.23. The maximum absolute atomic E-state index is 6.55. The molecule has 0 saturated heterocycles. The molecule has 1 heteroatoms. The highest BCUT2D eigenvalue weighted by Gasteiger charge is 2.21. The summed E-state index contributed by atoms with van der Waals surface area (Å²) in [5.74, 6) is 2.97. The molecule has 0 spiro atoms. The highest BCUT2D eigenvalue weighted by molar-refractivity contribution is 6.21. The summed E-state index contributed by atoms with van der Waals surface area (Å²) in [6.07, 6.45) is 10.3. The molecule has 0 saturated carbocycles. The van der Waals surface area contributed by atoms with Crippen molar-refractivity contribution < 1.29 is 4.42 Å². The van der Waals surface area contributed by atoms with Crippen molar-refractivity contribution in [3.05, 3.63) is 174 Å². The highest BCUT2D eigenvalue weighted by Crippen LogP contribution is 2.46. The van der Waals surface area contributed by atoms with Crippen molar-refractivity contribution in [3.8, 4) is 56.9 Å². The molecule has 246 valence electrons. The number of allylic oxidation sites excluding steroid dienone is 1. The van der Waals surface area contributed by atoms with E-state index < -0.39 is 0 Å². The maximum Gasteiger partial charge on any atom is 0.144 e. The standard InChI is InChI=1S/C51H36O/c1-5-17-35-31-46(51-50(38(35)6-2)43-26-14-15-27-47(43)52-51)37-21-16-20-36(30-37)44-28-33(4)45(29-32(44)3)49-41-24-12-10-22-39(41)48(34-18-8-7-9-19-34)40-23-11-13-25-42(40)49/h2,5,7-31H,1,3-4H3. The first-order valence-electron chi connectivity index (χ1n) is 17.8. The van der Waals surface area contributed by atoms with Crippen molar-refractivity contribution in [1.29, 1.82) is 0 Å². The van der Waals surface area contributed by atoms with E-state index >= 15 is 0 Å². The van der Waals surface area contributed by atoms with Gasteiger partial charge in [0.25, 0.3) is 0 Å². The van der Waals surface area contributed by atoms with Gasteiger partial charge in [0.15, 0.2) is 0 Å². The van der Waals surface area contributed by atoms with Crippen LogP contribution in [0.4, 0.5) is 0 Å². The molecule has 0 bridgehead atoms.